The highest BCUT2D eigenvalue weighted by Crippen LogP contribution is 2.45. The Morgan fingerprint density at radius 3 is 2.74 bits per heavy atom. The molecule has 0 radical (unpaired) electrons. The van der Waals surface area contributed by atoms with E-state index < -0.39 is 12.0 Å². The van der Waals surface area contributed by atoms with Crippen LogP contribution >= 0.6 is 11.6 Å². The van der Waals surface area contributed by atoms with Gasteiger partial charge in [-0.2, -0.15) is 0 Å². The summed E-state index contributed by atoms with van der Waals surface area (Å²) in [7, 11) is 0. The van der Waals surface area contributed by atoms with E-state index in [4.69, 9.17) is 11.6 Å². The van der Waals surface area contributed by atoms with E-state index >= 15 is 0 Å². The number of aliphatic carboxylic acids is 1. The summed E-state index contributed by atoms with van der Waals surface area (Å²) < 4.78 is 0. The number of carbonyl (C=O) groups is 1. The third kappa shape index (κ3) is 2.44. The second-order valence-electron chi connectivity index (χ2n) is 6.00. The number of rotatable bonds is 2. The summed E-state index contributed by atoms with van der Waals surface area (Å²) in [5.74, 6) is -0.426. The summed E-state index contributed by atoms with van der Waals surface area (Å²) in [4.78, 5) is 13.4. The van der Waals surface area contributed by atoms with E-state index in [1.54, 1.807) is 6.92 Å². The second kappa shape index (κ2) is 4.71. The molecular weight excluding hydrogens is 262 g/mol. The van der Waals surface area contributed by atoms with E-state index in [2.05, 4.69) is 20.8 Å². The van der Waals surface area contributed by atoms with Crippen LogP contribution in [0, 0.1) is 0 Å². The normalized spacial score (nSPS) is 22.8. The molecule has 1 aliphatic rings. The summed E-state index contributed by atoms with van der Waals surface area (Å²) in [5.41, 5.74) is 1.95. The van der Waals surface area contributed by atoms with Gasteiger partial charge in [-0.3, -0.25) is 0 Å². The Hall–Kier alpha value is -1.22. The number of fused-ring (bicyclic) bond motifs is 1. The maximum Gasteiger partial charge on any atom is 0.326 e. The Balaban J connectivity index is 2.58. The molecule has 0 bridgehead atoms. The van der Waals surface area contributed by atoms with E-state index in [0.717, 1.165) is 17.7 Å². The minimum absolute atomic E-state index is 0.182. The lowest BCUT2D eigenvalue weighted by Crippen LogP contribution is -2.55. The third-order valence-corrected chi connectivity index (χ3v) is 4.22. The summed E-state index contributed by atoms with van der Waals surface area (Å²) >= 11 is 6.07. The van der Waals surface area contributed by atoms with Gasteiger partial charge in [-0.15, -0.1) is 0 Å². The minimum atomic E-state index is -0.802. The van der Waals surface area contributed by atoms with Gasteiger partial charge in [0, 0.05) is 16.2 Å². The van der Waals surface area contributed by atoms with Crippen molar-refractivity contribution in [1.82, 2.24) is 0 Å². The number of benzene rings is 1. The zero-order valence-electron chi connectivity index (χ0n) is 11.8. The van der Waals surface area contributed by atoms with E-state index in [9.17, 15) is 9.90 Å². The van der Waals surface area contributed by atoms with Crippen LogP contribution < -0.4 is 4.90 Å². The van der Waals surface area contributed by atoms with Crippen molar-refractivity contribution in [2.24, 2.45) is 0 Å². The van der Waals surface area contributed by atoms with Gasteiger partial charge in [-0.05, 0) is 56.9 Å². The van der Waals surface area contributed by atoms with E-state index in [-0.39, 0.29) is 5.54 Å². The van der Waals surface area contributed by atoms with Crippen LogP contribution in [-0.4, -0.2) is 22.7 Å². The zero-order chi connectivity index (χ0) is 14.4. The van der Waals surface area contributed by atoms with Gasteiger partial charge in [-0.1, -0.05) is 18.5 Å². The molecule has 0 saturated carbocycles. The lowest BCUT2D eigenvalue weighted by molar-refractivity contribution is -0.138. The Kier molecular flexibility index (Phi) is 3.52. The largest absolute Gasteiger partial charge is 0.480 e. The molecule has 2 atom stereocenters. The molecule has 0 fully saturated rings. The summed E-state index contributed by atoms with van der Waals surface area (Å²) in [6, 6.07) is 5.17. The fraction of sp³-hybridized carbons (Fsp3) is 0.533. The van der Waals surface area contributed by atoms with Gasteiger partial charge in [0.05, 0.1) is 0 Å². The van der Waals surface area contributed by atoms with Crippen molar-refractivity contribution in [3.8, 4) is 0 Å². The van der Waals surface area contributed by atoms with Crippen molar-refractivity contribution < 1.29 is 9.90 Å². The van der Waals surface area contributed by atoms with Crippen LogP contribution in [0.3, 0.4) is 0 Å². The molecule has 0 aliphatic carbocycles. The molecule has 1 aliphatic heterocycles. The quantitative estimate of drug-likeness (QED) is 0.894. The average Bonchev–Trinajstić information content (AvgIpc) is 2.28. The van der Waals surface area contributed by atoms with E-state index in [0.29, 0.717) is 10.9 Å². The number of hydrogen-bond acceptors (Lipinski definition) is 2. The van der Waals surface area contributed by atoms with E-state index in [1.165, 1.54) is 0 Å². The molecular formula is C15H20ClNO2. The van der Waals surface area contributed by atoms with Crippen molar-refractivity contribution in [3.63, 3.8) is 0 Å². The van der Waals surface area contributed by atoms with Crippen molar-refractivity contribution in [3.05, 3.63) is 28.8 Å². The first kappa shape index (κ1) is 14.2. The van der Waals surface area contributed by atoms with Crippen LogP contribution in [0.15, 0.2) is 18.2 Å². The molecule has 1 aromatic rings. The topological polar surface area (TPSA) is 40.5 Å². The lowest BCUT2D eigenvalue weighted by atomic mass is 9.79. The van der Waals surface area contributed by atoms with Crippen LogP contribution in [0.4, 0.5) is 5.69 Å². The molecule has 0 saturated heterocycles. The molecule has 0 aromatic heterocycles. The first-order chi connectivity index (χ1) is 8.74. The highest BCUT2D eigenvalue weighted by atomic mass is 35.5. The van der Waals surface area contributed by atoms with Gasteiger partial charge in [0.25, 0.3) is 0 Å². The molecule has 3 nitrogen and oxygen atoms in total. The predicted octanol–water partition coefficient (Wildman–Crippen LogP) is 3.91. The maximum atomic E-state index is 11.4. The number of anilines is 1. The Bertz CT molecular complexity index is 513. The molecule has 0 amide bonds. The SMILES string of the molecule is C[C@@H]1CC(C)(C)N([C@@H](C)C(=O)O)c2ccc(Cl)cc21. The molecule has 2 rings (SSSR count). The maximum absolute atomic E-state index is 11.4. The molecule has 1 aromatic carbocycles. The Morgan fingerprint density at radius 1 is 1.53 bits per heavy atom. The second-order valence-corrected chi connectivity index (χ2v) is 6.44. The van der Waals surface area contributed by atoms with Gasteiger partial charge >= 0.3 is 5.97 Å². The van der Waals surface area contributed by atoms with Gasteiger partial charge in [0.15, 0.2) is 0 Å². The third-order valence-electron chi connectivity index (χ3n) is 3.98. The van der Waals surface area contributed by atoms with Gasteiger partial charge in [0.2, 0.25) is 0 Å². The monoisotopic (exact) mass is 281 g/mol. The van der Waals surface area contributed by atoms with Gasteiger partial charge < -0.3 is 10.0 Å². The lowest BCUT2D eigenvalue weighted by Gasteiger charge is -2.49. The summed E-state index contributed by atoms with van der Waals surface area (Å²) in [5, 5.41) is 10.0. The number of hydrogen-bond donors (Lipinski definition) is 1. The average molecular weight is 282 g/mol. The summed E-state index contributed by atoms with van der Waals surface area (Å²) in [6.07, 6.45) is 0.915. The Labute approximate surface area is 119 Å². The molecule has 1 heterocycles. The first-order valence-electron chi connectivity index (χ1n) is 6.55. The number of carboxylic acid groups (broad SMARTS) is 1. The van der Waals surface area contributed by atoms with Gasteiger partial charge in [0.1, 0.15) is 6.04 Å². The number of carboxylic acids is 1. The molecule has 0 unspecified atom stereocenters. The van der Waals surface area contributed by atoms with Crippen molar-refractivity contribution in [2.45, 2.75) is 51.6 Å². The van der Waals surface area contributed by atoms with Crippen LogP contribution in [0.2, 0.25) is 5.02 Å². The van der Waals surface area contributed by atoms with Crippen molar-refractivity contribution >= 4 is 23.3 Å². The molecule has 104 valence electrons. The molecule has 4 heteroatoms. The van der Waals surface area contributed by atoms with Crippen molar-refractivity contribution in [2.75, 3.05) is 4.90 Å². The zero-order valence-corrected chi connectivity index (χ0v) is 12.5. The molecule has 1 N–H and O–H groups in total. The van der Waals surface area contributed by atoms with Crippen LogP contribution in [-0.2, 0) is 4.79 Å². The highest BCUT2D eigenvalue weighted by molar-refractivity contribution is 6.30. The van der Waals surface area contributed by atoms with E-state index in [1.807, 2.05) is 23.1 Å². The molecule has 0 spiro atoms. The fourth-order valence-electron chi connectivity index (χ4n) is 3.27. The van der Waals surface area contributed by atoms with Crippen LogP contribution in [0.25, 0.3) is 0 Å². The van der Waals surface area contributed by atoms with Crippen LogP contribution in [0.5, 0.6) is 0 Å². The number of halogens is 1. The fourth-order valence-corrected chi connectivity index (χ4v) is 3.45. The highest BCUT2D eigenvalue weighted by Gasteiger charge is 2.40. The first-order valence-corrected chi connectivity index (χ1v) is 6.93. The molecule has 19 heavy (non-hydrogen) atoms. The standard InChI is InChI=1S/C15H20ClNO2/c1-9-8-15(3,4)17(10(2)14(18)19)13-6-5-11(16)7-12(9)13/h5-7,9-10H,8H2,1-4H3,(H,18,19)/t9-,10+/m1/s1. The van der Waals surface area contributed by atoms with Crippen molar-refractivity contribution in [1.29, 1.82) is 0 Å². The summed E-state index contributed by atoms with van der Waals surface area (Å²) in [6.45, 7) is 8.10. The smallest absolute Gasteiger partial charge is 0.326 e. The van der Waals surface area contributed by atoms with Gasteiger partial charge in [-0.25, -0.2) is 4.79 Å². The number of nitrogens with zero attached hydrogens (tertiary/aromatic N) is 1. The predicted molar refractivity (Wildman–Crippen MR) is 78.1 cm³/mol. The van der Waals surface area contributed by atoms with Crippen LogP contribution in [0.1, 0.15) is 45.6 Å². The Morgan fingerprint density at radius 2 is 2.16 bits per heavy atom. The minimum Gasteiger partial charge on any atom is -0.480 e.